The maximum Gasteiger partial charge on any atom is 0.175 e. The van der Waals surface area contributed by atoms with Crippen LogP contribution in [0.2, 0.25) is 0 Å². The van der Waals surface area contributed by atoms with Gasteiger partial charge in [0.25, 0.3) is 0 Å². The highest BCUT2D eigenvalue weighted by Gasteiger charge is 2.18. The molecule has 0 radical (unpaired) electrons. The van der Waals surface area contributed by atoms with E-state index in [-0.39, 0.29) is 0 Å². The molecule has 2 heterocycles. The Morgan fingerprint density at radius 2 is 1.32 bits per heavy atom. The Bertz CT molecular complexity index is 828. The predicted molar refractivity (Wildman–Crippen MR) is 77.7 cm³/mol. The first-order valence-corrected chi connectivity index (χ1v) is 6.55. The number of hydrogen-bond acceptors (Lipinski definition) is 3. The molecule has 0 atom stereocenters. The van der Waals surface area contributed by atoms with Crippen LogP contribution in [0.5, 0.6) is 0 Å². The Kier molecular flexibility index (Phi) is 2.43. The number of aryl methyl sites for hydroxylation is 4. The SMILES string of the molecule is Cc1nc(C)c2oc3c(C)c(C)c(C)c(C)c3c2n1. The van der Waals surface area contributed by atoms with Crippen molar-refractivity contribution in [3.63, 3.8) is 0 Å². The fourth-order valence-electron chi connectivity index (χ4n) is 2.79. The maximum absolute atomic E-state index is 6.06. The first kappa shape index (κ1) is 12.2. The molecule has 0 aliphatic carbocycles. The minimum absolute atomic E-state index is 0.794. The molecule has 0 bridgehead atoms. The molecule has 3 heteroatoms. The van der Waals surface area contributed by atoms with E-state index in [0.717, 1.165) is 33.6 Å². The van der Waals surface area contributed by atoms with Crippen molar-refractivity contribution < 1.29 is 4.42 Å². The van der Waals surface area contributed by atoms with Crippen molar-refractivity contribution in [2.75, 3.05) is 0 Å². The third-order valence-corrected chi connectivity index (χ3v) is 4.22. The van der Waals surface area contributed by atoms with Crippen LogP contribution in [0.1, 0.15) is 33.8 Å². The van der Waals surface area contributed by atoms with Crippen molar-refractivity contribution in [2.45, 2.75) is 41.5 Å². The average Bonchev–Trinajstić information content (AvgIpc) is 2.73. The van der Waals surface area contributed by atoms with Gasteiger partial charge in [-0.05, 0) is 63.8 Å². The Hall–Kier alpha value is -1.90. The number of hydrogen-bond donors (Lipinski definition) is 0. The second kappa shape index (κ2) is 3.80. The van der Waals surface area contributed by atoms with Crippen molar-refractivity contribution in [2.24, 2.45) is 0 Å². The summed E-state index contributed by atoms with van der Waals surface area (Å²) in [6, 6.07) is 0. The zero-order valence-electron chi connectivity index (χ0n) is 12.3. The fraction of sp³-hybridized carbons (Fsp3) is 0.375. The molecular formula is C16H18N2O. The van der Waals surface area contributed by atoms with E-state index in [4.69, 9.17) is 4.42 Å². The minimum atomic E-state index is 0.794. The summed E-state index contributed by atoms with van der Waals surface area (Å²) in [4.78, 5) is 8.99. The summed E-state index contributed by atoms with van der Waals surface area (Å²) in [7, 11) is 0. The first-order chi connectivity index (χ1) is 8.91. The van der Waals surface area contributed by atoms with Crippen molar-refractivity contribution in [3.8, 4) is 0 Å². The molecule has 0 amide bonds. The normalized spacial score (nSPS) is 11.7. The van der Waals surface area contributed by atoms with Gasteiger partial charge in [-0.1, -0.05) is 0 Å². The van der Waals surface area contributed by atoms with Crippen LogP contribution in [0.15, 0.2) is 4.42 Å². The summed E-state index contributed by atoms with van der Waals surface area (Å²) in [5.74, 6) is 0.794. The van der Waals surface area contributed by atoms with Crippen LogP contribution >= 0.6 is 0 Å². The second-order valence-electron chi connectivity index (χ2n) is 5.34. The van der Waals surface area contributed by atoms with E-state index >= 15 is 0 Å². The third kappa shape index (κ3) is 1.51. The molecule has 0 aliphatic heterocycles. The van der Waals surface area contributed by atoms with Crippen molar-refractivity contribution in [1.82, 2.24) is 9.97 Å². The van der Waals surface area contributed by atoms with E-state index in [0.29, 0.717) is 0 Å². The largest absolute Gasteiger partial charge is 0.452 e. The van der Waals surface area contributed by atoms with E-state index in [1.54, 1.807) is 0 Å². The van der Waals surface area contributed by atoms with Gasteiger partial charge in [-0.2, -0.15) is 0 Å². The van der Waals surface area contributed by atoms with E-state index in [1.807, 2.05) is 13.8 Å². The molecular weight excluding hydrogens is 236 g/mol. The summed E-state index contributed by atoms with van der Waals surface area (Å²) in [6.45, 7) is 12.5. The number of furan rings is 1. The van der Waals surface area contributed by atoms with Gasteiger partial charge in [-0.3, -0.25) is 0 Å². The molecule has 0 N–H and O–H groups in total. The smallest absolute Gasteiger partial charge is 0.175 e. The summed E-state index contributed by atoms with van der Waals surface area (Å²) >= 11 is 0. The van der Waals surface area contributed by atoms with Gasteiger partial charge in [0.15, 0.2) is 5.58 Å². The van der Waals surface area contributed by atoms with Gasteiger partial charge < -0.3 is 4.42 Å². The molecule has 0 spiro atoms. The van der Waals surface area contributed by atoms with Crippen molar-refractivity contribution >= 4 is 22.1 Å². The predicted octanol–water partition coefficient (Wildman–Crippen LogP) is 4.23. The third-order valence-electron chi connectivity index (χ3n) is 4.22. The lowest BCUT2D eigenvalue weighted by atomic mass is 9.95. The zero-order valence-corrected chi connectivity index (χ0v) is 12.3. The van der Waals surface area contributed by atoms with E-state index < -0.39 is 0 Å². The standard InChI is InChI=1S/C16H18N2O/c1-7-8(2)10(4)15-13(9(7)3)14-16(19-15)11(5)17-12(6)18-14/h1-6H3. The molecule has 19 heavy (non-hydrogen) atoms. The number of aromatic nitrogens is 2. The number of benzene rings is 1. The second-order valence-corrected chi connectivity index (χ2v) is 5.34. The van der Waals surface area contributed by atoms with Gasteiger partial charge in [0, 0.05) is 0 Å². The lowest BCUT2D eigenvalue weighted by Gasteiger charge is -2.09. The Morgan fingerprint density at radius 3 is 2.00 bits per heavy atom. The quantitative estimate of drug-likeness (QED) is 0.602. The maximum atomic E-state index is 6.06. The molecule has 3 nitrogen and oxygen atoms in total. The fourth-order valence-corrected chi connectivity index (χ4v) is 2.79. The molecule has 3 rings (SSSR count). The van der Waals surface area contributed by atoms with Crippen molar-refractivity contribution in [1.29, 1.82) is 0 Å². The number of rotatable bonds is 0. The summed E-state index contributed by atoms with van der Waals surface area (Å²) < 4.78 is 6.06. The van der Waals surface area contributed by atoms with Crippen molar-refractivity contribution in [3.05, 3.63) is 33.8 Å². The summed E-state index contributed by atoms with van der Waals surface area (Å²) in [6.07, 6.45) is 0. The van der Waals surface area contributed by atoms with Crippen LogP contribution in [-0.4, -0.2) is 9.97 Å². The average molecular weight is 254 g/mol. The Balaban J connectivity index is 2.67. The molecule has 98 valence electrons. The minimum Gasteiger partial charge on any atom is -0.452 e. The monoisotopic (exact) mass is 254 g/mol. The molecule has 0 saturated heterocycles. The first-order valence-electron chi connectivity index (χ1n) is 6.55. The highest BCUT2D eigenvalue weighted by Crippen LogP contribution is 2.36. The van der Waals surface area contributed by atoms with E-state index in [9.17, 15) is 0 Å². The Morgan fingerprint density at radius 1 is 0.684 bits per heavy atom. The zero-order chi connectivity index (χ0) is 13.9. The van der Waals surface area contributed by atoms with Crippen LogP contribution in [0.3, 0.4) is 0 Å². The lowest BCUT2D eigenvalue weighted by Crippen LogP contribution is -1.93. The van der Waals surface area contributed by atoms with Crippen LogP contribution in [0.4, 0.5) is 0 Å². The molecule has 0 fully saturated rings. The summed E-state index contributed by atoms with van der Waals surface area (Å²) in [5.41, 5.74) is 8.71. The van der Waals surface area contributed by atoms with Gasteiger partial charge in [0.2, 0.25) is 0 Å². The van der Waals surface area contributed by atoms with Gasteiger partial charge >= 0.3 is 0 Å². The number of nitrogens with zero attached hydrogens (tertiary/aromatic N) is 2. The van der Waals surface area contributed by atoms with E-state index in [2.05, 4.69) is 37.7 Å². The van der Waals surface area contributed by atoms with Crippen LogP contribution in [-0.2, 0) is 0 Å². The topological polar surface area (TPSA) is 38.9 Å². The molecule has 0 aliphatic rings. The van der Waals surface area contributed by atoms with Crippen LogP contribution in [0, 0.1) is 41.5 Å². The molecule has 0 saturated carbocycles. The van der Waals surface area contributed by atoms with E-state index in [1.165, 1.54) is 22.3 Å². The van der Waals surface area contributed by atoms with Gasteiger partial charge in [0.1, 0.15) is 16.9 Å². The lowest BCUT2D eigenvalue weighted by molar-refractivity contribution is 0.656. The molecule has 3 aromatic rings. The van der Waals surface area contributed by atoms with Crippen LogP contribution in [0.25, 0.3) is 22.1 Å². The highest BCUT2D eigenvalue weighted by molar-refractivity contribution is 6.06. The highest BCUT2D eigenvalue weighted by atomic mass is 16.3. The Labute approximate surface area is 112 Å². The molecule has 1 aromatic carbocycles. The summed E-state index contributed by atoms with van der Waals surface area (Å²) in [5, 5.41) is 1.14. The van der Waals surface area contributed by atoms with Crippen LogP contribution < -0.4 is 0 Å². The van der Waals surface area contributed by atoms with Gasteiger partial charge in [-0.25, -0.2) is 9.97 Å². The van der Waals surface area contributed by atoms with Gasteiger partial charge in [-0.15, -0.1) is 0 Å². The molecule has 0 unspecified atom stereocenters. The number of fused-ring (bicyclic) bond motifs is 3. The molecule has 2 aromatic heterocycles. The van der Waals surface area contributed by atoms with Gasteiger partial charge in [0.05, 0.1) is 11.1 Å².